The van der Waals surface area contributed by atoms with E-state index in [0.29, 0.717) is 13.0 Å². The van der Waals surface area contributed by atoms with Crippen LogP contribution in [0.4, 0.5) is 4.79 Å². The fourth-order valence-electron chi connectivity index (χ4n) is 5.13. The van der Waals surface area contributed by atoms with Crippen molar-refractivity contribution in [2.45, 2.75) is 44.1 Å². The number of alkyl carbamates (subject to hydrolysis) is 1. The molecule has 1 heterocycles. The van der Waals surface area contributed by atoms with Crippen molar-refractivity contribution in [1.29, 1.82) is 0 Å². The first-order valence-corrected chi connectivity index (χ1v) is 12.7. The van der Waals surface area contributed by atoms with Crippen LogP contribution in [0.25, 0.3) is 11.1 Å². The Morgan fingerprint density at radius 1 is 0.947 bits per heavy atom. The highest BCUT2D eigenvalue weighted by molar-refractivity contribution is 5.91. The Bertz CT molecular complexity index is 1280. The number of fused-ring (bicyclic) bond motifs is 3. The second kappa shape index (κ2) is 11.1. The van der Waals surface area contributed by atoms with Gasteiger partial charge in [-0.2, -0.15) is 0 Å². The number of amides is 2. The molecule has 0 saturated carbocycles. The van der Waals surface area contributed by atoms with Crippen LogP contribution in [0.15, 0.2) is 78.9 Å². The summed E-state index contributed by atoms with van der Waals surface area (Å²) >= 11 is 0. The van der Waals surface area contributed by atoms with Crippen LogP contribution in [-0.2, 0) is 25.7 Å². The lowest BCUT2D eigenvalue weighted by Crippen LogP contribution is -2.63. The van der Waals surface area contributed by atoms with Crippen molar-refractivity contribution in [3.8, 4) is 11.1 Å². The van der Waals surface area contributed by atoms with Gasteiger partial charge in [0.1, 0.15) is 18.7 Å². The van der Waals surface area contributed by atoms with Gasteiger partial charge in [-0.1, -0.05) is 78.9 Å². The number of carboxylic acids is 1. The minimum atomic E-state index is -1.10. The molecule has 3 aromatic rings. The van der Waals surface area contributed by atoms with Crippen LogP contribution in [0.5, 0.6) is 0 Å². The summed E-state index contributed by atoms with van der Waals surface area (Å²) in [6, 6.07) is 23.5. The third-order valence-corrected chi connectivity index (χ3v) is 7.30. The number of aliphatic carboxylic acids is 1. The van der Waals surface area contributed by atoms with Gasteiger partial charge in [-0.25, -0.2) is 9.59 Å². The maximum atomic E-state index is 13.3. The van der Waals surface area contributed by atoms with Crippen LogP contribution in [0.2, 0.25) is 0 Å². The summed E-state index contributed by atoms with van der Waals surface area (Å²) in [5.41, 5.74) is 5.31. The summed E-state index contributed by atoms with van der Waals surface area (Å²) < 4.78 is 11.6. The van der Waals surface area contributed by atoms with Gasteiger partial charge in [0.05, 0.1) is 12.7 Å². The number of ether oxygens (including phenoxy) is 2. The van der Waals surface area contributed by atoms with Crippen molar-refractivity contribution in [2.24, 2.45) is 0 Å². The quantitative estimate of drug-likeness (QED) is 0.444. The van der Waals surface area contributed by atoms with Crippen LogP contribution in [0.1, 0.15) is 36.0 Å². The van der Waals surface area contributed by atoms with E-state index in [2.05, 4.69) is 17.4 Å². The van der Waals surface area contributed by atoms with Gasteiger partial charge in [0.2, 0.25) is 5.91 Å². The smallest absolute Gasteiger partial charge is 0.407 e. The molecule has 0 aromatic heterocycles. The molecule has 8 nitrogen and oxygen atoms in total. The Kier molecular flexibility index (Phi) is 7.42. The van der Waals surface area contributed by atoms with Crippen molar-refractivity contribution in [3.63, 3.8) is 0 Å². The monoisotopic (exact) mass is 514 g/mol. The van der Waals surface area contributed by atoms with E-state index in [-0.39, 0.29) is 19.1 Å². The summed E-state index contributed by atoms with van der Waals surface area (Å²) in [5.74, 6) is -1.69. The minimum absolute atomic E-state index is 0.0987. The van der Waals surface area contributed by atoms with Gasteiger partial charge >= 0.3 is 12.1 Å². The highest BCUT2D eigenvalue weighted by atomic mass is 16.5. The molecule has 1 aliphatic heterocycles. The largest absolute Gasteiger partial charge is 0.480 e. The Labute approximate surface area is 221 Å². The van der Waals surface area contributed by atoms with Crippen LogP contribution in [0.3, 0.4) is 0 Å². The van der Waals surface area contributed by atoms with Gasteiger partial charge in [0, 0.05) is 12.5 Å². The van der Waals surface area contributed by atoms with Gasteiger partial charge in [-0.15, -0.1) is 0 Å². The molecule has 0 radical (unpaired) electrons. The van der Waals surface area contributed by atoms with E-state index in [1.807, 2.05) is 66.7 Å². The molecule has 1 saturated heterocycles. The summed E-state index contributed by atoms with van der Waals surface area (Å²) in [6.45, 7) is 2.33. The van der Waals surface area contributed by atoms with Crippen molar-refractivity contribution in [2.75, 3.05) is 13.2 Å². The highest BCUT2D eigenvalue weighted by Gasteiger charge is 2.42. The van der Waals surface area contributed by atoms with E-state index in [1.54, 1.807) is 6.92 Å². The van der Waals surface area contributed by atoms with Crippen molar-refractivity contribution in [1.82, 2.24) is 10.2 Å². The summed E-state index contributed by atoms with van der Waals surface area (Å²) in [5, 5.41) is 12.1. The molecule has 2 amide bonds. The SMILES string of the molecule is C[C@H](OCc1ccccc1)[C@@H](NC(=O)OCC1c2ccccc2-c2ccccc21)C(=O)N1CCC1C(=O)O. The molecule has 0 spiro atoms. The highest BCUT2D eigenvalue weighted by Crippen LogP contribution is 2.44. The third-order valence-electron chi connectivity index (χ3n) is 7.30. The second-order valence-corrected chi connectivity index (χ2v) is 9.62. The number of carbonyl (C=O) groups is 3. The molecule has 3 aromatic carbocycles. The molecule has 0 bridgehead atoms. The van der Waals surface area contributed by atoms with E-state index in [4.69, 9.17) is 9.47 Å². The van der Waals surface area contributed by atoms with Gasteiger partial charge < -0.3 is 24.8 Å². The molecule has 196 valence electrons. The van der Waals surface area contributed by atoms with Gasteiger partial charge in [-0.05, 0) is 41.2 Å². The molecular weight excluding hydrogens is 484 g/mol. The fourth-order valence-corrected chi connectivity index (χ4v) is 5.13. The molecule has 3 atom stereocenters. The average molecular weight is 515 g/mol. The minimum Gasteiger partial charge on any atom is -0.480 e. The molecule has 1 aliphatic carbocycles. The van der Waals surface area contributed by atoms with Gasteiger partial charge in [-0.3, -0.25) is 4.79 Å². The van der Waals surface area contributed by atoms with E-state index in [0.717, 1.165) is 27.8 Å². The molecule has 1 unspecified atom stereocenters. The van der Waals surface area contributed by atoms with Gasteiger partial charge in [0.25, 0.3) is 0 Å². The standard InChI is InChI=1S/C30H30N2O6/c1-19(37-17-20-9-3-2-4-10-20)27(28(33)32-16-15-26(32)29(34)35)31-30(36)38-18-25-23-13-7-5-11-21(23)22-12-6-8-14-24(22)25/h2-14,19,25-27H,15-18H2,1H3,(H,31,36)(H,34,35)/t19-,26?,27+/m0/s1. The third kappa shape index (κ3) is 5.13. The fraction of sp³-hybridized carbons (Fsp3) is 0.300. The lowest BCUT2D eigenvalue weighted by atomic mass is 9.98. The maximum Gasteiger partial charge on any atom is 0.407 e. The first kappa shape index (κ1) is 25.5. The Morgan fingerprint density at radius 3 is 2.13 bits per heavy atom. The number of carboxylic acid groups (broad SMARTS) is 1. The first-order valence-electron chi connectivity index (χ1n) is 12.7. The zero-order chi connectivity index (χ0) is 26.6. The molecule has 2 N–H and O–H groups in total. The van der Waals surface area contributed by atoms with Crippen molar-refractivity contribution in [3.05, 3.63) is 95.6 Å². The molecule has 8 heteroatoms. The molecule has 5 rings (SSSR count). The number of hydrogen-bond donors (Lipinski definition) is 2. The van der Waals surface area contributed by atoms with Crippen LogP contribution in [0, 0.1) is 0 Å². The molecule has 38 heavy (non-hydrogen) atoms. The van der Waals surface area contributed by atoms with Crippen molar-refractivity contribution >= 4 is 18.0 Å². The zero-order valence-corrected chi connectivity index (χ0v) is 21.1. The first-order chi connectivity index (χ1) is 18.4. The van der Waals surface area contributed by atoms with Crippen molar-refractivity contribution < 1.29 is 29.0 Å². The Balaban J connectivity index is 1.28. The Morgan fingerprint density at radius 2 is 1.55 bits per heavy atom. The average Bonchev–Trinajstić information content (AvgIpc) is 3.22. The maximum absolute atomic E-state index is 13.3. The predicted molar refractivity (Wildman–Crippen MR) is 140 cm³/mol. The summed E-state index contributed by atoms with van der Waals surface area (Å²) in [4.78, 5) is 39.1. The number of rotatable bonds is 9. The number of nitrogens with one attached hydrogen (secondary N) is 1. The van der Waals surface area contributed by atoms with E-state index >= 15 is 0 Å². The number of nitrogens with zero attached hydrogens (tertiary/aromatic N) is 1. The topological polar surface area (TPSA) is 105 Å². The van der Waals surface area contributed by atoms with E-state index in [9.17, 15) is 19.5 Å². The Hall–Kier alpha value is -4.17. The normalized spacial score (nSPS) is 17.5. The summed E-state index contributed by atoms with van der Waals surface area (Å²) in [7, 11) is 0. The zero-order valence-electron chi connectivity index (χ0n) is 21.1. The lowest BCUT2D eigenvalue weighted by molar-refractivity contribution is -0.160. The van der Waals surface area contributed by atoms with E-state index < -0.39 is 36.2 Å². The number of benzene rings is 3. The number of hydrogen-bond acceptors (Lipinski definition) is 5. The number of carbonyl (C=O) groups excluding carboxylic acids is 2. The van der Waals surface area contributed by atoms with Crippen LogP contribution < -0.4 is 5.32 Å². The van der Waals surface area contributed by atoms with Gasteiger partial charge in [0.15, 0.2) is 0 Å². The molecular formula is C30H30N2O6. The molecule has 1 fully saturated rings. The van der Waals surface area contributed by atoms with E-state index in [1.165, 1.54) is 4.90 Å². The lowest BCUT2D eigenvalue weighted by Gasteiger charge is -2.41. The van der Waals surface area contributed by atoms with Crippen LogP contribution >= 0.6 is 0 Å². The predicted octanol–water partition coefficient (Wildman–Crippen LogP) is 4.18. The van der Waals surface area contributed by atoms with Crippen LogP contribution in [-0.4, -0.2) is 59.3 Å². The summed E-state index contributed by atoms with van der Waals surface area (Å²) in [6.07, 6.45) is -1.11. The second-order valence-electron chi connectivity index (χ2n) is 9.62. The molecule has 2 aliphatic rings. The number of likely N-dealkylation sites (tertiary alicyclic amines) is 1.